The van der Waals surface area contributed by atoms with Gasteiger partial charge in [-0.15, -0.1) is 0 Å². The van der Waals surface area contributed by atoms with E-state index in [1.165, 1.54) is 0 Å². The monoisotopic (exact) mass is 251 g/mol. The van der Waals surface area contributed by atoms with Crippen molar-refractivity contribution in [2.24, 2.45) is 11.7 Å². The summed E-state index contributed by atoms with van der Waals surface area (Å²) in [5.74, 6) is 1.21. The standard InChI is InChI=1S/C15H25NO2/c1-10(2)15(17-5)14(16)12-8-6-7-9-13(12)18-11(3)4/h6-11,14-15H,16H2,1-5H3. The van der Waals surface area contributed by atoms with Crippen LogP contribution in [-0.4, -0.2) is 19.3 Å². The molecule has 3 heteroatoms. The number of methoxy groups -OCH3 is 1. The summed E-state index contributed by atoms with van der Waals surface area (Å²) in [5, 5.41) is 0. The van der Waals surface area contributed by atoms with Gasteiger partial charge in [-0.2, -0.15) is 0 Å². The van der Waals surface area contributed by atoms with E-state index in [1.807, 2.05) is 38.1 Å². The van der Waals surface area contributed by atoms with Crippen molar-refractivity contribution in [1.82, 2.24) is 0 Å². The summed E-state index contributed by atoms with van der Waals surface area (Å²) in [7, 11) is 1.70. The smallest absolute Gasteiger partial charge is 0.124 e. The molecule has 0 spiro atoms. The Labute approximate surface area is 110 Å². The first-order valence-corrected chi connectivity index (χ1v) is 6.51. The lowest BCUT2D eigenvalue weighted by molar-refractivity contribution is 0.0426. The Hall–Kier alpha value is -1.06. The van der Waals surface area contributed by atoms with Gasteiger partial charge in [0.15, 0.2) is 0 Å². The first-order valence-electron chi connectivity index (χ1n) is 6.51. The van der Waals surface area contributed by atoms with Gasteiger partial charge in [-0.05, 0) is 25.8 Å². The van der Waals surface area contributed by atoms with Gasteiger partial charge in [0.2, 0.25) is 0 Å². The van der Waals surface area contributed by atoms with Crippen molar-refractivity contribution in [1.29, 1.82) is 0 Å². The van der Waals surface area contributed by atoms with E-state index in [-0.39, 0.29) is 18.2 Å². The molecule has 0 aliphatic carbocycles. The number of para-hydroxylation sites is 1. The van der Waals surface area contributed by atoms with E-state index < -0.39 is 0 Å². The van der Waals surface area contributed by atoms with Crippen molar-refractivity contribution in [3.63, 3.8) is 0 Å². The lowest BCUT2D eigenvalue weighted by atomic mass is 9.93. The predicted molar refractivity (Wildman–Crippen MR) is 74.8 cm³/mol. The quantitative estimate of drug-likeness (QED) is 0.844. The molecule has 0 saturated carbocycles. The van der Waals surface area contributed by atoms with Crippen molar-refractivity contribution >= 4 is 0 Å². The lowest BCUT2D eigenvalue weighted by Gasteiger charge is -2.28. The normalized spacial score (nSPS) is 14.9. The highest BCUT2D eigenvalue weighted by atomic mass is 16.5. The molecule has 0 saturated heterocycles. The number of benzene rings is 1. The minimum Gasteiger partial charge on any atom is -0.491 e. The van der Waals surface area contributed by atoms with Crippen LogP contribution in [0.5, 0.6) is 5.75 Å². The molecule has 2 unspecified atom stereocenters. The van der Waals surface area contributed by atoms with Crippen LogP contribution in [0.15, 0.2) is 24.3 Å². The van der Waals surface area contributed by atoms with Crippen LogP contribution < -0.4 is 10.5 Å². The highest BCUT2D eigenvalue weighted by Crippen LogP contribution is 2.30. The van der Waals surface area contributed by atoms with Gasteiger partial charge < -0.3 is 15.2 Å². The van der Waals surface area contributed by atoms with Gasteiger partial charge in [-0.25, -0.2) is 0 Å². The Bertz CT molecular complexity index is 363. The second-order valence-electron chi connectivity index (χ2n) is 5.17. The first kappa shape index (κ1) is 15.0. The van der Waals surface area contributed by atoms with Gasteiger partial charge >= 0.3 is 0 Å². The average Bonchev–Trinajstić information content (AvgIpc) is 2.29. The molecular weight excluding hydrogens is 226 g/mol. The molecule has 3 nitrogen and oxygen atoms in total. The fraction of sp³-hybridized carbons (Fsp3) is 0.600. The van der Waals surface area contributed by atoms with Crippen LogP contribution >= 0.6 is 0 Å². The molecule has 0 heterocycles. The Kier molecular flexibility index (Phi) is 5.63. The van der Waals surface area contributed by atoms with Crippen LogP contribution in [0.25, 0.3) is 0 Å². The van der Waals surface area contributed by atoms with Gasteiger partial charge in [0, 0.05) is 12.7 Å². The fourth-order valence-corrected chi connectivity index (χ4v) is 2.13. The Morgan fingerprint density at radius 1 is 1.06 bits per heavy atom. The van der Waals surface area contributed by atoms with E-state index in [9.17, 15) is 0 Å². The number of hydrogen-bond donors (Lipinski definition) is 1. The van der Waals surface area contributed by atoms with Crippen LogP contribution in [0.3, 0.4) is 0 Å². The van der Waals surface area contributed by atoms with Crippen molar-refractivity contribution in [2.45, 2.75) is 45.9 Å². The van der Waals surface area contributed by atoms with E-state index in [1.54, 1.807) is 7.11 Å². The summed E-state index contributed by atoms with van der Waals surface area (Å²) >= 11 is 0. The molecule has 1 aromatic carbocycles. The highest BCUT2D eigenvalue weighted by molar-refractivity contribution is 5.36. The van der Waals surface area contributed by atoms with Crippen LogP contribution in [-0.2, 0) is 4.74 Å². The lowest BCUT2D eigenvalue weighted by Crippen LogP contribution is -2.32. The molecule has 0 aliphatic heterocycles. The molecule has 0 fully saturated rings. The maximum absolute atomic E-state index is 6.32. The number of rotatable bonds is 6. The van der Waals surface area contributed by atoms with Crippen LogP contribution in [0.4, 0.5) is 0 Å². The third-order valence-corrected chi connectivity index (χ3v) is 2.92. The van der Waals surface area contributed by atoms with Crippen molar-refractivity contribution < 1.29 is 9.47 Å². The molecule has 0 aliphatic rings. The summed E-state index contributed by atoms with van der Waals surface area (Å²) < 4.78 is 11.3. The van der Waals surface area contributed by atoms with Gasteiger partial charge in [0.25, 0.3) is 0 Å². The van der Waals surface area contributed by atoms with Crippen molar-refractivity contribution in [3.05, 3.63) is 29.8 Å². The number of hydrogen-bond acceptors (Lipinski definition) is 3. The van der Waals surface area contributed by atoms with Gasteiger partial charge in [-0.1, -0.05) is 32.0 Å². The number of ether oxygens (including phenoxy) is 2. The van der Waals surface area contributed by atoms with Crippen LogP contribution in [0, 0.1) is 5.92 Å². The van der Waals surface area contributed by atoms with E-state index in [4.69, 9.17) is 15.2 Å². The zero-order chi connectivity index (χ0) is 13.7. The second kappa shape index (κ2) is 6.76. The second-order valence-corrected chi connectivity index (χ2v) is 5.17. The number of nitrogens with two attached hydrogens (primary N) is 1. The molecule has 1 rings (SSSR count). The average molecular weight is 251 g/mol. The van der Waals surface area contributed by atoms with Crippen molar-refractivity contribution in [2.75, 3.05) is 7.11 Å². The Balaban J connectivity index is 3.00. The summed E-state index contributed by atoms with van der Waals surface area (Å²) in [6.45, 7) is 8.25. The molecule has 0 bridgehead atoms. The summed E-state index contributed by atoms with van der Waals surface area (Å²) in [6, 6.07) is 7.74. The van der Waals surface area contributed by atoms with Crippen LogP contribution in [0.1, 0.15) is 39.3 Å². The molecule has 0 amide bonds. The minimum atomic E-state index is -0.176. The third-order valence-electron chi connectivity index (χ3n) is 2.92. The van der Waals surface area contributed by atoms with E-state index in [2.05, 4.69) is 13.8 Å². The zero-order valence-corrected chi connectivity index (χ0v) is 12.0. The van der Waals surface area contributed by atoms with Crippen LogP contribution in [0.2, 0.25) is 0 Å². The fourth-order valence-electron chi connectivity index (χ4n) is 2.13. The van der Waals surface area contributed by atoms with Gasteiger partial charge in [0.1, 0.15) is 5.75 Å². The minimum absolute atomic E-state index is 0.0121. The molecular formula is C15H25NO2. The predicted octanol–water partition coefficient (Wildman–Crippen LogP) is 3.14. The molecule has 1 aromatic rings. The molecule has 0 radical (unpaired) electrons. The Morgan fingerprint density at radius 2 is 1.67 bits per heavy atom. The molecule has 102 valence electrons. The summed E-state index contributed by atoms with van der Waals surface area (Å²) in [6.07, 6.45) is 0.125. The maximum atomic E-state index is 6.32. The molecule has 18 heavy (non-hydrogen) atoms. The topological polar surface area (TPSA) is 44.5 Å². The molecule has 2 N–H and O–H groups in total. The maximum Gasteiger partial charge on any atom is 0.124 e. The Morgan fingerprint density at radius 3 is 2.17 bits per heavy atom. The summed E-state index contributed by atoms with van der Waals surface area (Å²) in [5.41, 5.74) is 7.33. The van der Waals surface area contributed by atoms with Crippen molar-refractivity contribution in [3.8, 4) is 5.75 Å². The molecule has 0 aromatic heterocycles. The summed E-state index contributed by atoms with van der Waals surface area (Å²) in [4.78, 5) is 0. The largest absolute Gasteiger partial charge is 0.491 e. The van der Waals surface area contributed by atoms with E-state index in [0.717, 1.165) is 11.3 Å². The third kappa shape index (κ3) is 3.72. The van der Waals surface area contributed by atoms with Gasteiger partial charge in [-0.3, -0.25) is 0 Å². The molecule has 2 atom stereocenters. The highest BCUT2D eigenvalue weighted by Gasteiger charge is 2.25. The SMILES string of the molecule is COC(C(C)C)C(N)c1ccccc1OC(C)C. The first-order chi connectivity index (χ1) is 8.47. The zero-order valence-electron chi connectivity index (χ0n) is 12.0. The van der Waals surface area contributed by atoms with E-state index >= 15 is 0 Å². The van der Waals surface area contributed by atoms with E-state index in [0.29, 0.717) is 5.92 Å². The van der Waals surface area contributed by atoms with Gasteiger partial charge in [0.05, 0.1) is 18.2 Å².